The summed E-state index contributed by atoms with van der Waals surface area (Å²) in [6.45, 7) is 7.63. The number of nitrogens with zero attached hydrogens (tertiary/aromatic N) is 2. The molecule has 0 amide bonds. The first-order valence-corrected chi connectivity index (χ1v) is 6.90. The fourth-order valence-electron chi connectivity index (χ4n) is 2.25. The maximum atomic E-state index is 13.0. The Morgan fingerprint density at radius 3 is 2.24 bits per heavy atom. The van der Waals surface area contributed by atoms with E-state index in [1.165, 1.54) is 4.68 Å². The third-order valence-corrected chi connectivity index (χ3v) is 3.37. The Hall–Kier alpha value is -1.78. The minimum Gasteiger partial charge on any atom is -0.236 e. The molecule has 1 aromatic carbocycles. The molecule has 0 radical (unpaired) electrons. The van der Waals surface area contributed by atoms with Crippen molar-refractivity contribution < 1.29 is 13.2 Å². The third kappa shape index (κ3) is 3.12. The van der Waals surface area contributed by atoms with Crippen LogP contribution in [0, 0.1) is 0 Å². The van der Waals surface area contributed by atoms with Crippen molar-refractivity contribution in [2.75, 3.05) is 0 Å². The Balaban J connectivity index is 2.70. The first-order chi connectivity index (χ1) is 9.64. The number of hydrogen-bond acceptors (Lipinski definition) is 1. The van der Waals surface area contributed by atoms with Crippen LogP contribution in [0.4, 0.5) is 13.2 Å². The Labute approximate surface area is 122 Å². The highest BCUT2D eigenvalue weighted by molar-refractivity contribution is 5.43. The summed E-state index contributed by atoms with van der Waals surface area (Å²) in [4.78, 5) is 0. The highest BCUT2D eigenvalue weighted by Crippen LogP contribution is 2.34. The predicted octanol–water partition coefficient (Wildman–Crippen LogP) is 4.75. The van der Waals surface area contributed by atoms with Crippen molar-refractivity contribution in [2.45, 2.75) is 45.7 Å². The molecule has 1 heterocycles. The number of aromatic nitrogens is 2. The summed E-state index contributed by atoms with van der Waals surface area (Å²) in [6, 6.07) is 8.56. The van der Waals surface area contributed by atoms with Crippen molar-refractivity contribution in [3.63, 3.8) is 0 Å². The average molecular weight is 296 g/mol. The largest absolute Gasteiger partial charge is 0.435 e. The van der Waals surface area contributed by atoms with Gasteiger partial charge in [0, 0.05) is 5.41 Å². The van der Waals surface area contributed by atoms with Crippen LogP contribution in [-0.2, 0) is 18.0 Å². The van der Waals surface area contributed by atoms with Gasteiger partial charge in [-0.3, -0.25) is 0 Å². The molecule has 0 saturated heterocycles. The molecule has 5 heteroatoms. The molecule has 2 nitrogen and oxygen atoms in total. The molecular weight excluding hydrogens is 277 g/mol. The lowest BCUT2D eigenvalue weighted by Gasteiger charge is -2.21. The van der Waals surface area contributed by atoms with Crippen LogP contribution in [0.5, 0.6) is 0 Å². The van der Waals surface area contributed by atoms with Crippen LogP contribution in [0.3, 0.4) is 0 Å². The Morgan fingerprint density at radius 2 is 1.71 bits per heavy atom. The van der Waals surface area contributed by atoms with Crippen molar-refractivity contribution in [1.29, 1.82) is 0 Å². The summed E-state index contributed by atoms with van der Waals surface area (Å²) in [6.07, 6.45) is -3.70. The second kappa shape index (κ2) is 5.20. The van der Waals surface area contributed by atoms with E-state index in [4.69, 9.17) is 0 Å². The van der Waals surface area contributed by atoms with E-state index in [2.05, 4.69) is 5.10 Å². The standard InChI is InChI=1S/C16H19F3N2/c1-5-11-8-6-7-9-12(11)21-14(15(2,3)4)10-13(20-21)16(17,18)19/h6-10H,5H2,1-4H3. The molecule has 0 spiro atoms. The quantitative estimate of drug-likeness (QED) is 0.782. The zero-order valence-electron chi connectivity index (χ0n) is 12.6. The van der Waals surface area contributed by atoms with Crippen molar-refractivity contribution in [2.24, 2.45) is 0 Å². The van der Waals surface area contributed by atoms with Crippen molar-refractivity contribution >= 4 is 0 Å². The number of halogens is 3. The average Bonchev–Trinajstić information content (AvgIpc) is 2.83. The van der Waals surface area contributed by atoms with Gasteiger partial charge in [0.05, 0.1) is 11.4 Å². The molecule has 1 aromatic heterocycles. The minimum atomic E-state index is -4.44. The number of alkyl halides is 3. The van der Waals surface area contributed by atoms with Crippen LogP contribution in [0.2, 0.25) is 0 Å². The molecule has 0 aliphatic heterocycles. The highest BCUT2D eigenvalue weighted by Gasteiger charge is 2.37. The normalized spacial score (nSPS) is 12.7. The topological polar surface area (TPSA) is 17.8 Å². The van der Waals surface area contributed by atoms with Gasteiger partial charge >= 0.3 is 6.18 Å². The monoisotopic (exact) mass is 296 g/mol. The van der Waals surface area contributed by atoms with E-state index < -0.39 is 17.3 Å². The molecule has 21 heavy (non-hydrogen) atoms. The molecule has 0 aliphatic rings. The molecule has 0 atom stereocenters. The van der Waals surface area contributed by atoms with Crippen LogP contribution in [0.25, 0.3) is 5.69 Å². The Bertz CT molecular complexity index is 634. The number of hydrogen-bond donors (Lipinski definition) is 0. The van der Waals surface area contributed by atoms with E-state index in [1.54, 1.807) is 6.07 Å². The van der Waals surface area contributed by atoms with Crippen LogP contribution in [-0.4, -0.2) is 9.78 Å². The minimum absolute atomic E-state index is 0.433. The summed E-state index contributed by atoms with van der Waals surface area (Å²) >= 11 is 0. The van der Waals surface area contributed by atoms with E-state index in [0.29, 0.717) is 11.4 Å². The summed E-state index contributed by atoms with van der Waals surface area (Å²) in [5.74, 6) is 0. The first kappa shape index (κ1) is 15.6. The lowest BCUT2D eigenvalue weighted by atomic mass is 9.91. The van der Waals surface area contributed by atoms with Gasteiger partial charge in [-0.25, -0.2) is 4.68 Å². The smallest absolute Gasteiger partial charge is 0.236 e. The molecule has 0 bridgehead atoms. The summed E-state index contributed by atoms with van der Waals surface area (Å²) in [5.41, 5.74) is 0.950. The second-order valence-electron chi connectivity index (χ2n) is 6.06. The molecule has 2 rings (SSSR count). The fourth-order valence-corrected chi connectivity index (χ4v) is 2.25. The van der Waals surface area contributed by atoms with Gasteiger partial charge in [-0.05, 0) is 24.1 Å². The molecule has 2 aromatic rings. The molecule has 0 unspecified atom stereocenters. The van der Waals surface area contributed by atoms with Gasteiger partial charge in [0.2, 0.25) is 0 Å². The summed E-state index contributed by atoms with van der Waals surface area (Å²) in [7, 11) is 0. The molecule has 0 fully saturated rings. The van der Waals surface area contributed by atoms with Gasteiger partial charge < -0.3 is 0 Å². The van der Waals surface area contributed by atoms with Crippen molar-refractivity contribution in [1.82, 2.24) is 9.78 Å². The maximum absolute atomic E-state index is 13.0. The predicted molar refractivity (Wildman–Crippen MR) is 76.6 cm³/mol. The summed E-state index contributed by atoms with van der Waals surface area (Å²) < 4.78 is 40.4. The zero-order chi connectivity index (χ0) is 15.8. The van der Waals surface area contributed by atoms with Crippen LogP contribution in [0.15, 0.2) is 30.3 Å². The van der Waals surface area contributed by atoms with E-state index in [1.807, 2.05) is 45.9 Å². The first-order valence-electron chi connectivity index (χ1n) is 6.90. The number of benzene rings is 1. The van der Waals surface area contributed by atoms with Crippen LogP contribution < -0.4 is 0 Å². The third-order valence-electron chi connectivity index (χ3n) is 3.37. The van der Waals surface area contributed by atoms with Crippen LogP contribution >= 0.6 is 0 Å². The fraction of sp³-hybridized carbons (Fsp3) is 0.438. The molecule has 114 valence electrons. The van der Waals surface area contributed by atoms with Gasteiger partial charge in [0.1, 0.15) is 0 Å². The van der Waals surface area contributed by atoms with Crippen LogP contribution in [0.1, 0.15) is 44.6 Å². The van der Waals surface area contributed by atoms with Gasteiger partial charge in [0.15, 0.2) is 5.69 Å². The lowest BCUT2D eigenvalue weighted by Crippen LogP contribution is -2.18. The molecule has 0 aliphatic carbocycles. The Kier molecular flexibility index (Phi) is 3.87. The van der Waals surface area contributed by atoms with E-state index >= 15 is 0 Å². The van der Waals surface area contributed by atoms with E-state index in [9.17, 15) is 13.2 Å². The number of para-hydroxylation sites is 1. The second-order valence-corrected chi connectivity index (χ2v) is 6.06. The molecule has 0 N–H and O–H groups in total. The SMILES string of the molecule is CCc1ccccc1-n1nc(C(F)(F)F)cc1C(C)(C)C. The highest BCUT2D eigenvalue weighted by atomic mass is 19.4. The maximum Gasteiger partial charge on any atom is 0.435 e. The van der Waals surface area contributed by atoms with Crippen molar-refractivity contribution in [3.05, 3.63) is 47.3 Å². The number of rotatable bonds is 2. The van der Waals surface area contributed by atoms with E-state index in [0.717, 1.165) is 18.1 Å². The van der Waals surface area contributed by atoms with Gasteiger partial charge in [-0.2, -0.15) is 18.3 Å². The van der Waals surface area contributed by atoms with Gasteiger partial charge in [-0.1, -0.05) is 45.9 Å². The van der Waals surface area contributed by atoms with Crippen molar-refractivity contribution in [3.8, 4) is 5.69 Å². The summed E-state index contributed by atoms with van der Waals surface area (Å²) in [5, 5.41) is 3.82. The zero-order valence-corrected chi connectivity index (χ0v) is 12.6. The molecular formula is C16H19F3N2. The van der Waals surface area contributed by atoms with E-state index in [-0.39, 0.29) is 0 Å². The molecule has 0 saturated carbocycles. The Morgan fingerprint density at radius 1 is 1.10 bits per heavy atom. The number of aryl methyl sites for hydroxylation is 1. The lowest BCUT2D eigenvalue weighted by molar-refractivity contribution is -0.141. The van der Waals surface area contributed by atoms with Gasteiger partial charge in [-0.15, -0.1) is 0 Å². The van der Waals surface area contributed by atoms with Gasteiger partial charge in [0.25, 0.3) is 0 Å².